The Bertz CT molecular complexity index is 819. The van der Waals surface area contributed by atoms with E-state index in [-0.39, 0.29) is 0 Å². The number of nitrogens with zero attached hydrogens (tertiary/aromatic N) is 2. The van der Waals surface area contributed by atoms with Crippen LogP contribution in [0.25, 0.3) is 11.0 Å². The van der Waals surface area contributed by atoms with Crippen LogP contribution in [0.5, 0.6) is 5.75 Å². The summed E-state index contributed by atoms with van der Waals surface area (Å²) in [5.74, 6) is 0.796. The lowest BCUT2D eigenvalue weighted by atomic mass is 10.2. The van der Waals surface area contributed by atoms with Crippen LogP contribution >= 0.6 is 12.2 Å². The fourth-order valence-corrected chi connectivity index (χ4v) is 2.58. The molecule has 0 saturated heterocycles. The first-order valence-electron chi connectivity index (χ1n) is 6.36. The van der Waals surface area contributed by atoms with Crippen molar-refractivity contribution in [3.05, 3.63) is 52.6 Å². The number of benzene rings is 1. The second kappa shape index (κ2) is 5.09. The number of para-hydroxylation sites is 1. The second-order valence-electron chi connectivity index (χ2n) is 4.64. The molecule has 2 aromatic heterocycles. The summed E-state index contributed by atoms with van der Waals surface area (Å²) in [6.07, 6.45) is 1.81. The molecule has 2 heterocycles. The maximum absolute atomic E-state index is 5.43. The van der Waals surface area contributed by atoms with Crippen LogP contribution in [0.15, 0.2) is 36.5 Å². The van der Waals surface area contributed by atoms with E-state index in [1.54, 1.807) is 13.3 Å². The zero-order chi connectivity index (χ0) is 14.1. The first kappa shape index (κ1) is 12.9. The Hall–Kier alpha value is -2.14. The number of imidazole rings is 1. The summed E-state index contributed by atoms with van der Waals surface area (Å²) in [6, 6.07) is 9.91. The molecule has 0 atom stereocenters. The summed E-state index contributed by atoms with van der Waals surface area (Å²) >= 11 is 5.43. The lowest BCUT2D eigenvalue weighted by molar-refractivity contribution is 0.419. The van der Waals surface area contributed by atoms with Gasteiger partial charge in [-0.05, 0) is 42.9 Å². The van der Waals surface area contributed by atoms with Crippen molar-refractivity contribution in [1.82, 2.24) is 14.5 Å². The number of hydrogen-bond donors (Lipinski definition) is 1. The Morgan fingerprint density at radius 2 is 2.15 bits per heavy atom. The smallest absolute Gasteiger partial charge is 0.178 e. The molecular weight excluding hydrogens is 270 g/mol. The number of hydrogen-bond acceptors (Lipinski definition) is 3. The number of ether oxygens (including phenoxy) is 1. The maximum Gasteiger partial charge on any atom is 0.178 e. The molecule has 4 nitrogen and oxygen atoms in total. The summed E-state index contributed by atoms with van der Waals surface area (Å²) in [7, 11) is 1.66. The standard InChI is InChI=1S/C15H15N3OS/c1-10-5-4-8-16-11(10)9-18-12-6-3-7-13(19-2)14(12)17-15(18)20/h3-8H,9H2,1-2H3,(H,17,20). The second-order valence-corrected chi connectivity index (χ2v) is 5.02. The molecule has 0 spiro atoms. The zero-order valence-corrected chi connectivity index (χ0v) is 12.2. The largest absolute Gasteiger partial charge is 0.494 e. The van der Waals surface area contributed by atoms with Crippen molar-refractivity contribution in [3.63, 3.8) is 0 Å². The third-order valence-corrected chi connectivity index (χ3v) is 3.74. The quantitative estimate of drug-likeness (QED) is 0.749. The van der Waals surface area contributed by atoms with Gasteiger partial charge in [-0.2, -0.15) is 0 Å². The van der Waals surface area contributed by atoms with Gasteiger partial charge in [0, 0.05) is 6.20 Å². The number of H-pyrrole nitrogens is 1. The lowest BCUT2D eigenvalue weighted by Gasteiger charge is -2.07. The number of fused-ring (bicyclic) bond motifs is 1. The maximum atomic E-state index is 5.43. The topological polar surface area (TPSA) is 42.8 Å². The zero-order valence-electron chi connectivity index (χ0n) is 11.4. The van der Waals surface area contributed by atoms with E-state index >= 15 is 0 Å². The molecule has 0 radical (unpaired) electrons. The van der Waals surface area contributed by atoms with E-state index in [0.29, 0.717) is 11.3 Å². The van der Waals surface area contributed by atoms with Gasteiger partial charge in [0.2, 0.25) is 0 Å². The molecular formula is C15H15N3OS. The Morgan fingerprint density at radius 1 is 1.30 bits per heavy atom. The summed E-state index contributed by atoms with van der Waals surface area (Å²) in [4.78, 5) is 7.64. The average Bonchev–Trinajstić information content (AvgIpc) is 2.77. The van der Waals surface area contributed by atoms with Crippen LogP contribution in [-0.4, -0.2) is 21.6 Å². The minimum absolute atomic E-state index is 0.651. The van der Waals surface area contributed by atoms with Gasteiger partial charge in [-0.15, -0.1) is 0 Å². The van der Waals surface area contributed by atoms with Crippen molar-refractivity contribution in [2.45, 2.75) is 13.5 Å². The molecule has 3 rings (SSSR count). The predicted octanol–water partition coefficient (Wildman–Crippen LogP) is 3.46. The van der Waals surface area contributed by atoms with E-state index in [4.69, 9.17) is 17.0 Å². The first-order valence-corrected chi connectivity index (χ1v) is 6.77. The minimum Gasteiger partial charge on any atom is -0.494 e. The van der Waals surface area contributed by atoms with E-state index in [1.165, 1.54) is 0 Å². The van der Waals surface area contributed by atoms with Crippen molar-refractivity contribution < 1.29 is 4.74 Å². The number of pyridine rings is 1. The van der Waals surface area contributed by atoms with E-state index in [0.717, 1.165) is 28.0 Å². The Morgan fingerprint density at radius 3 is 2.90 bits per heavy atom. The normalized spacial score (nSPS) is 10.9. The summed E-state index contributed by atoms with van der Waals surface area (Å²) in [5, 5.41) is 0. The van der Waals surface area contributed by atoms with Gasteiger partial charge in [0.05, 0.1) is 24.9 Å². The average molecular weight is 285 g/mol. The third kappa shape index (κ3) is 2.10. The summed E-state index contributed by atoms with van der Waals surface area (Å²) in [6.45, 7) is 2.71. The fraction of sp³-hybridized carbons (Fsp3) is 0.200. The Kier molecular flexibility index (Phi) is 3.28. The van der Waals surface area contributed by atoms with E-state index in [2.05, 4.69) is 23.0 Å². The van der Waals surface area contributed by atoms with Crippen molar-refractivity contribution in [1.29, 1.82) is 0 Å². The molecule has 0 unspecified atom stereocenters. The highest BCUT2D eigenvalue weighted by Gasteiger charge is 2.10. The molecule has 102 valence electrons. The van der Waals surface area contributed by atoms with Gasteiger partial charge in [0.1, 0.15) is 11.3 Å². The first-order chi connectivity index (χ1) is 9.70. The third-order valence-electron chi connectivity index (χ3n) is 3.42. The molecule has 0 aliphatic heterocycles. The van der Waals surface area contributed by atoms with Gasteiger partial charge in [-0.3, -0.25) is 4.98 Å². The number of aryl methyl sites for hydroxylation is 1. The molecule has 0 bridgehead atoms. The van der Waals surface area contributed by atoms with Gasteiger partial charge in [0.25, 0.3) is 0 Å². The van der Waals surface area contributed by atoms with Crippen LogP contribution in [0.3, 0.4) is 0 Å². The van der Waals surface area contributed by atoms with Crippen LogP contribution in [0, 0.1) is 11.7 Å². The highest BCUT2D eigenvalue weighted by atomic mass is 32.1. The number of aromatic amines is 1. The van der Waals surface area contributed by atoms with Crippen LogP contribution in [0.1, 0.15) is 11.3 Å². The molecule has 1 N–H and O–H groups in total. The van der Waals surface area contributed by atoms with E-state index in [1.807, 2.05) is 28.8 Å². The molecule has 0 amide bonds. The number of aromatic nitrogens is 3. The van der Waals surface area contributed by atoms with Crippen LogP contribution in [0.2, 0.25) is 0 Å². The monoisotopic (exact) mass is 285 g/mol. The molecule has 1 aromatic carbocycles. The van der Waals surface area contributed by atoms with Gasteiger partial charge in [-0.25, -0.2) is 0 Å². The van der Waals surface area contributed by atoms with Crippen LogP contribution < -0.4 is 4.74 Å². The van der Waals surface area contributed by atoms with Gasteiger partial charge in [0.15, 0.2) is 4.77 Å². The van der Waals surface area contributed by atoms with E-state index in [9.17, 15) is 0 Å². The van der Waals surface area contributed by atoms with Crippen LogP contribution in [0.4, 0.5) is 0 Å². The van der Waals surface area contributed by atoms with Crippen LogP contribution in [-0.2, 0) is 6.54 Å². The van der Waals surface area contributed by atoms with Crippen molar-refractivity contribution in [2.24, 2.45) is 0 Å². The van der Waals surface area contributed by atoms with Crippen molar-refractivity contribution in [2.75, 3.05) is 7.11 Å². The predicted molar refractivity (Wildman–Crippen MR) is 81.8 cm³/mol. The summed E-state index contributed by atoms with van der Waals surface area (Å²) < 4.78 is 8.08. The molecule has 0 saturated carbocycles. The van der Waals surface area contributed by atoms with E-state index < -0.39 is 0 Å². The molecule has 3 aromatic rings. The SMILES string of the molecule is COc1cccc2c1[nH]c(=S)n2Cc1ncccc1C. The highest BCUT2D eigenvalue weighted by Crippen LogP contribution is 2.25. The van der Waals surface area contributed by atoms with Crippen molar-refractivity contribution in [3.8, 4) is 5.75 Å². The molecule has 0 aliphatic rings. The van der Waals surface area contributed by atoms with Gasteiger partial charge >= 0.3 is 0 Å². The Balaban J connectivity index is 2.15. The minimum atomic E-state index is 0.651. The van der Waals surface area contributed by atoms with Crippen molar-refractivity contribution >= 4 is 23.3 Å². The summed E-state index contributed by atoms with van der Waals surface area (Å²) in [5.41, 5.74) is 4.13. The molecule has 20 heavy (non-hydrogen) atoms. The van der Waals surface area contributed by atoms with Gasteiger partial charge < -0.3 is 14.3 Å². The highest BCUT2D eigenvalue weighted by molar-refractivity contribution is 7.71. The lowest BCUT2D eigenvalue weighted by Crippen LogP contribution is -2.03. The fourth-order valence-electron chi connectivity index (χ4n) is 2.31. The molecule has 5 heteroatoms. The number of rotatable bonds is 3. The van der Waals surface area contributed by atoms with Gasteiger partial charge in [-0.1, -0.05) is 12.1 Å². The number of nitrogens with one attached hydrogen (secondary N) is 1. The molecule has 0 aliphatic carbocycles. The Labute approximate surface area is 122 Å². The number of methoxy groups -OCH3 is 1. The molecule has 0 fully saturated rings.